The topological polar surface area (TPSA) is 168 Å². The van der Waals surface area contributed by atoms with Crippen molar-refractivity contribution in [3.8, 4) is 23.0 Å². The molecule has 3 amide bonds. The average molecular weight is 684 g/mol. The van der Waals surface area contributed by atoms with Gasteiger partial charge in [0.1, 0.15) is 11.8 Å². The molecule has 0 aromatic heterocycles. The lowest BCUT2D eigenvalue weighted by molar-refractivity contribution is -0.144. The van der Waals surface area contributed by atoms with E-state index in [2.05, 4.69) is 15.4 Å². The van der Waals surface area contributed by atoms with Gasteiger partial charge < -0.3 is 34.3 Å². The molecule has 1 aliphatic rings. The van der Waals surface area contributed by atoms with E-state index in [9.17, 15) is 22.8 Å². The fraction of sp³-hybridized carbons (Fsp3) is 0.382. The summed E-state index contributed by atoms with van der Waals surface area (Å²) in [6.07, 6.45) is -0.312. The number of sulfonamides is 1. The predicted octanol–water partition coefficient (Wildman–Crippen LogP) is 5.20. The molecule has 1 unspecified atom stereocenters. The van der Waals surface area contributed by atoms with E-state index in [1.165, 1.54) is 38.3 Å². The highest BCUT2D eigenvalue weighted by Gasteiger charge is 2.32. The van der Waals surface area contributed by atoms with Gasteiger partial charge >= 0.3 is 12.0 Å². The second-order valence-corrected chi connectivity index (χ2v) is 13.0. The molecule has 3 aromatic rings. The van der Waals surface area contributed by atoms with Gasteiger partial charge in [-0.2, -0.15) is 0 Å². The number of urea groups is 1. The fourth-order valence-corrected chi connectivity index (χ4v) is 5.89. The van der Waals surface area contributed by atoms with E-state index >= 15 is 0 Å². The van der Waals surface area contributed by atoms with Gasteiger partial charge in [-0.3, -0.25) is 4.79 Å². The van der Waals surface area contributed by atoms with Crippen molar-refractivity contribution in [2.45, 2.75) is 70.4 Å². The monoisotopic (exact) mass is 683 g/mol. The molecule has 0 bridgehead atoms. The first kappa shape index (κ1) is 35.9. The Hall–Kier alpha value is -4.98. The molecule has 3 aromatic carbocycles. The first-order valence-corrected chi connectivity index (χ1v) is 17.0. The molecule has 3 N–H and O–H groups in total. The second kappa shape index (κ2) is 15.7. The normalized spacial score (nSPS) is 13.3. The highest BCUT2D eigenvalue weighted by molar-refractivity contribution is 7.90. The lowest BCUT2D eigenvalue weighted by Gasteiger charge is -2.22. The Morgan fingerprint density at radius 1 is 0.917 bits per heavy atom. The molecule has 14 heteroatoms. The largest absolute Gasteiger partial charge is 0.493 e. The number of nitrogens with one attached hydrogen (secondary N) is 3. The molecule has 4 rings (SSSR count). The summed E-state index contributed by atoms with van der Waals surface area (Å²) in [4.78, 5) is 38.3. The first-order valence-electron chi connectivity index (χ1n) is 15.5. The first-order chi connectivity index (χ1) is 22.9. The van der Waals surface area contributed by atoms with Gasteiger partial charge in [0.25, 0.3) is 15.9 Å². The van der Waals surface area contributed by atoms with Crippen molar-refractivity contribution in [1.29, 1.82) is 0 Å². The average Bonchev–Trinajstić information content (AvgIpc) is 3.53. The molecule has 0 fully saturated rings. The lowest BCUT2D eigenvalue weighted by atomic mass is 10.0. The number of anilines is 1. The smallest absolute Gasteiger partial charge is 0.328 e. The summed E-state index contributed by atoms with van der Waals surface area (Å²) in [6.45, 7) is 9.23. The van der Waals surface area contributed by atoms with Crippen molar-refractivity contribution in [3.05, 3.63) is 71.3 Å². The van der Waals surface area contributed by atoms with E-state index in [1.54, 1.807) is 37.3 Å². The summed E-state index contributed by atoms with van der Waals surface area (Å²) < 4.78 is 56.6. The van der Waals surface area contributed by atoms with Crippen LogP contribution in [-0.4, -0.2) is 52.9 Å². The van der Waals surface area contributed by atoms with Crippen molar-refractivity contribution < 1.29 is 46.5 Å². The second-order valence-electron chi connectivity index (χ2n) is 11.3. The SMILES string of the molecule is CCCc1cc(NC(=O)N[C@@H](C)C(=O)OCC)ccc1OC(C(=O)NS(=O)(=O)c1ccc(C(C)C)cc1)c1cc(OC)c2c(c1)OCO2. The molecule has 0 saturated heterocycles. The van der Waals surface area contributed by atoms with Gasteiger partial charge in [-0.1, -0.05) is 39.3 Å². The van der Waals surface area contributed by atoms with Gasteiger partial charge in [-0.15, -0.1) is 0 Å². The molecule has 0 aliphatic carbocycles. The van der Waals surface area contributed by atoms with Crippen LogP contribution in [0.3, 0.4) is 0 Å². The molecule has 0 radical (unpaired) electrons. The summed E-state index contributed by atoms with van der Waals surface area (Å²) in [7, 11) is -2.86. The quantitative estimate of drug-likeness (QED) is 0.192. The highest BCUT2D eigenvalue weighted by atomic mass is 32.2. The molecule has 48 heavy (non-hydrogen) atoms. The maximum Gasteiger partial charge on any atom is 0.328 e. The summed E-state index contributed by atoms with van der Waals surface area (Å²) >= 11 is 0. The highest BCUT2D eigenvalue weighted by Crippen LogP contribution is 2.44. The summed E-state index contributed by atoms with van der Waals surface area (Å²) in [6, 6.07) is 12.7. The Kier molecular flexibility index (Phi) is 11.8. The Morgan fingerprint density at radius 3 is 2.29 bits per heavy atom. The number of benzene rings is 3. The summed E-state index contributed by atoms with van der Waals surface area (Å²) in [5.41, 5.74) is 2.22. The maximum atomic E-state index is 13.9. The fourth-order valence-electron chi connectivity index (χ4n) is 4.90. The van der Waals surface area contributed by atoms with Gasteiger partial charge in [0.15, 0.2) is 11.5 Å². The molecular weight excluding hydrogens is 642 g/mol. The number of hydrogen-bond donors (Lipinski definition) is 3. The van der Waals surface area contributed by atoms with Crippen LogP contribution < -0.4 is 34.3 Å². The van der Waals surface area contributed by atoms with Gasteiger partial charge in [0.2, 0.25) is 18.6 Å². The minimum atomic E-state index is -4.29. The van der Waals surface area contributed by atoms with E-state index < -0.39 is 40.1 Å². The number of carbonyl (C=O) groups excluding carboxylic acids is 3. The molecular formula is C34H41N3O10S. The van der Waals surface area contributed by atoms with Crippen LogP contribution >= 0.6 is 0 Å². The van der Waals surface area contributed by atoms with Crippen molar-refractivity contribution in [2.24, 2.45) is 0 Å². The molecule has 0 saturated carbocycles. The van der Waals surface area contributed by atoms with E-state index in [-0.39, 0.29) is 41.3 Å². The Labute approximate surface area is 280 Å². The standard InChI is InChI=1S/C34H41N3O10S/c1-7-9-23-16-25(36-34(40)35-21(5)33(39)44-8-2)12-15-27(23)47-30(24-17-28(43-6)31-29(18-24)45-19-46-31)32(38)37-48(41,42)26-13-10-22(11-14-26)20(3)4/h10-18,20-21,30H,7-9,19H2,1-6H3,(H,37,38)(H2,35,36,40)/t21-,30?/m0/s1. The lowest BCUT2D eigenvalue weighted by Crippen LogP contribution is -2.41. The molecule has 1 heterocycles. The van der Waals surface area contributed by atoms with Crippen LogP contribution in [-0.2, 0) is 30.8 Å². The van der Waals surface area contributed by atoms with Crippen molar-refractivity contribution >= 4 is 33.6 Å². The third-order valence-corrected chi connectivity index (χ3v) is 8.75. The van der Waals surface area contributed by atoms with Gasteiger partial charge in [-0.25, -0.2) is 22.7 Å². The zero-order valence-corrected chi connectivity index (χ0v) is 28.6. The van der Waals surface area contributed by atoms with Crippen LogP contribution in [0.2, 0.25) is 0 Å². The van der Waals surface area contributed by atoms with Gasteiger partial charge in [-0.05, 0) is 79.8 Å². The minimum Gasteiger partial charge on any atom is -0.493 e. The van der Waals surface area contributed by atoms with Crippen molar-refractivity contribution in [1.82, 2.24) is 10.0 Å². The zero-order chi connectivity index (χ0) is 35.0. The minimum absolute atomic E-state index is 0.0606. The summed E-state index contributed by atoms with van der Waals surface area (Å²) in [5.74, 6) is -0.146. The predicted molar refractivity (Wildman–Crippen MR) is 177 cm³/mol. The number of fused-ring (bicyclic) bond motifs is 1. The van der Waals surface area contributed by atoms with Crippen LogP contribution in [0.25, 0.3) is 0 Å². The number of hydrogen-bond acceptors (Lipinski definition) is 10. The zero-order valence-electron chi connectivity index (χ0n) is 27.7. The van der Waals surface area contributed by atoms with Crippen LogP contribution in [0, 0.1) is 0 Å². The van der Waals surface area contributed by atoms with Crippen molar-refractivity contribution in [2.75, 3.05) is 25.8 Å². The number of rotatable bonds is 14. The van der Waals surface area contributed by atoms with Crippen molar-refractivity contribution in [3.63, 3.8) is 0 Å². The number of methoxy groups -OCH3 is 1. The van der Waals surface area contributed by atoms with E-state index in [1.807, 2.05) is 20.8 Å². The molecule has 1 aliphatic heterocycles. The molecule has 13 nitrogen and oxygen atoms in total. The Bertz CT molecular complexity index is 1740. The van der Waals surface area contributed by atoms with E-state index in [0.717, 1.165) is 5.56 Å². The van der Waals surface area contributed by atoms with Gasteiger partial charge in [0.05, 0.1) is 18.6 Å². The van der Waals surface area contributed by atoms with Crippen LogP contribution in [0.15, 0.2) is 59.5 Å². The van der Waals surface area contributed by atoms with Crippen LogP contribution in [0.5, 0.6) is 23.0 Å². The number of amides is 3. The maximum absolute atomic E-state index is 13.9. The molecule has 0 spiro atoms. The Morgan fingerprint density at radius 2 is 1.65 bits per heavy atom. The third kappa shape index (κ3) is 8.68. The van der Waals surface area contributed by atoms with E-state index in [0.29, 0.717) is 35.6 Å². The Balaban J connectivity index is 1.66. The molecule has 2 atom stereocenters. The number of aryl methyl sites for hydroxylation is 1. The van der Waals surface area contributed by atoms with Gasteiger partial charge in [0, 0.05) is 11.3 Å². The van der Waals surface area contributed by atoms with Crippen LogP contribution in [0.4, 0.5) is 10.5 Å². The number of carbonyl (C=O) groups is 3. The summed E-state index contributed by atoms with van der Waals surface area (Å²) in [5, 5.41) is 5.21. The van der Waals surface area contributed by atoms with E-state index in [4.69, 9.17) is 23.7 Å². The van der Waals surface area contributed by atoms with Crippen LogP contribution in [0.1, 0.15) is 69.8 Å². The number of esters is 1. The molecule has 258 valence electrons. The number of ether oxygens (including phenoxy) is 5. The third-order valence-electron chi connectivity index (χ3n) is 7.38.